The molecule has 0 spiro atoms. The van der Waals surface area contributed by atoms with E-state index in [0.717, 1.165) is 16.5 Å². The van der Waals surface area contributed by atoms with Crippen LogP contribution in [0.5, 0.6) is 0 Å². The molecule has 1 N–H and O–H groups in total. The van der Waals surface area contributed by atoms with Crippen molar-refractivity contribution in [2.75, 3.05) is 0 Å². The lowest BCUT2D eigenvalue weighted by Crippen LogP contribution is -1.97. The van der Waals surface area contributed by atoms with Crippen LogP contribution < -0.4 is 0 Å². The Morgan fingerprint density at radius 2 is 1.58 bits per heavy atom. The number of rotatable bonds is 5. The van der Waals surface area contributed by atoms with Crippen LogP contribution >= 0.6 is 0 Å². The Bertz CT molecular complexity index is 1570. The average Bonchev–Trinajstić information content (AvgIpc) is 3.19. The summed E-state index contributed by atoms with van der Waals surface area (Å²) in [6, 6.07) is 31.6. The number of nitriles is 1. The smallest absolute Gasteiger partial charge is 0.335 e. The Morgan fingerprint density at radius 3 is 2.33 bits per heavy atom. The summed E-state index contributed by atoms with van der Waals surface area (Å²) in [5.41, 5.74) is 4.62. The van der Waals surface area contributed by atoms with Gasteiger partial charge in [0, 0.05) is 29.2 Å². The van der Waals surface area contributed by atoms with Crippen molar-refractivity contribution >= 4 is 39.3 Å². The van der Waals surface area contributed by atoms with E-state index in [2.05, 4.69) is 59.3 Å². The van der Waals surface area contributed by atoms with Crippen LogP contribution in [-0.4, -0.2) is 15.6 Å². The summed E-state index contributed by atoms with van der Waals surface area (Å²) in [4.78, 5) is 11.1. The van der Waals surface area contributed by atoms with Gasteiger partial charge in [-0.05, 0) is 52.2 Å². The highest BCUT2D eigenvalue weighted by molar-refractivity contribution is 5.98. The molecule has 0 bridgehead atoms. The topological polar surface area (TPSA) is 66.0 Å². The molecule has 5 rings (SSSR count). The van der Waals surface area contributed by atoms with E-state index in [1.165, 1.54) is 28.5 Å². The minimum atomic E-state index is -0.985. The molecule has 0 fully saturated rings. The monoisotopic (exact) mass is 428 g/mol. The Morgan fingerprint density at radius 1 is 0.879 bits per heavy atom. The number of aromatic nitrogens is 1. The molecular weight excluding hydrogens is 408 g/mol. The fourth-order valence-corrected chi connectivity index (χ4v) is 4.18. The molecule has 1 aromatic heterocycles. The summed E-state index contributed by atoms with van der Waals surface area (Å²) in [6.45, 7) is 0.717. The van der Waals surface area contributed by atoms with E-state index in [9.17, 15) is 10.1 Å². The summed E-state index contributed by atoms with van der Waals surface area (Å²) in [5.74, 6) is -0.985. The fraction of sp³-hybridized carbons (Fsp3) is 0.0345. The van der Waals surface area contributed by atoms with E-state index in [4.69, 9.17) is 5.11 Å². The van der Waals surface area contributed by atoms with Crippen LogP contribution in [0.2, 0.25) is 0 Å². The van der Waals surface area contributed by atoms with E-state index >= 15 is 0 Å². The van der Waals surface area contributed by atoms with Crippen LogP contribution in [0.4, 0.5) is 0 Å². The van der Waals surface area contributed by atoms with E-state index in [1.807, 2.05) is 30.3 Å². The first kappa shape index (κ1) is 20.3. The predicted molar refractivity (Wildman–Crippen MR) is 132 cm³/mol. The number of hydrogen-bond donors (Lipinski definition) is 1. The van der Waals surface area contributed by atoms with Gasteiger partial charge in [0.15, 0.2) is 0 Å². The molecule has 5 aromatic rings. The Labute approximate surface area is 191 Å². The van der Waals surface area contributed by atoms with Crippen molar-refractivity contribution in [1.82, 2.24) is 4.57 Å². The van der Waals surface area contributed by atoms with Crippen molar-refractivity contribution in [3.63, 3.8) is 0 Å². The number of nitrogens with zero attached hydrogens (tertiary/aromatic N) is 2. The van der Waals surface area contributed by atoms with Crippen molar-refractivity contribution in [3.05, 3.63) is 119 Å². The van der Waals surface area contributed by atoms with Crippen LogP contribution in [0.25, 0.3) is 33.3 Å². The molecule has 0 atom stereocenters. The summed E-state index contributed by atoms with van der Waals surface area (Å²) in [5, 5.41) is 22.4. The summed E-state index contributed by atoms with van der Waals surface area (Å²) < 4.78 is 2.20. The van der Waals surface area contributed by atoms with Crippen molar-refractivity contribution in [1.29, 1.82) is 5.26 Å². The first-order valence-corrected chi connectivity index (χ1v) is 10.6. The van der Waals surface area contributed by atoms with Gasteiger partial charge in [0.05, 0.1) is 17.2 Å². The quantitative estimate of drug-likeness (QED) is 0.321. The van der Waals surface area contributed by atoms with Gasteiger partial charge in [0.2, 0.25) is 0 Å². The number of hydrogen-bond acceptors (Lipinski definition) is 2. The highest BCUT2D eigenvalue weighted by Gasteiger charge is 2.10. The van der Waals surface area contributed by atoms with Crippen molar-refractivity contribution in [2.45, 2.75) is 6.54 Å². The van der Waals surface area contributed by atoms with Crippen molar-refractivity contribution in [2.24, 2.45) is 0 Å². The lowest BCUT2D eigenvalue weighted by atomic mass is 10.0. The number of carboxylic acid groups (broad SMARTS) is 1. The normalized spacial score (nSPS) is 11.5. The molecule has 0 unspecified atom stereocenters. The number of benzene rings is 4. The molecule has 0 aliphatic heterocycles. The number of allylic oxidation sites excluding steroid dienone is 1. The van der Waals surface area contributed by atoms with Gasteiger partial charge in [-0.1, -0.05) is 66.7 Å². The molecule has 4 nitrogen and oxygen atoms in total. The van der Waals surface area contributed by atoms with E-state index in [1.54, 1.807) is 12.1 Å². The van der Waals surface area contributed by atoms with E-state index < -0.39 is 5.97 Å². The second-order valence-electron chi connectivity index (χ2n) is 7.96. The molecule has 0 saturated carbocycles. The number of aromatic carboxylic acids is 1. The van der Waals surface area contributed by atoms with Gasteiger partial charge >= 0.3 is 5.97 Å². The zero-order valence-electron chi connectivity index (χ0n) is 17.8. The number of fused-ring (bicyclic) bond motifs is 2. The third-order valence-corrected chi connectivity index (χ3v) is 5.85. The van der Waals surface area contributed by atoms with Gasteiger partial charge in [-0.2, -0.15) is 5.26 Å². The van der Waals surface area contributed by atoms with Crippen LogP contribution in [0.3, 0.4) is 0 Å². The number of carbonyl (C=O) groups is 1. The third-order valence-electron chi connectivity index (χ3n) is 5.85. The lowest BCUT2D eigenvalue weighted by Gasteiger charge is -2.07. The first-order valence-electron chi connectivity index (χ1n) is 10.6. The predicted octanol–water partition coefficient (Wildman–Crippen LogP) is 6.61. The van der Waals surface area contributed by atoms with Crippen molar-refractivity contribution < 1.29 is 9.90 Å². The highest BCUT2D eigenvalue weighted by Crippen LogP contribution is 2.27. The van der Waals surface area contributed by atoms with Crippen LogP contribution in [0.1, 0.15) is 27.0 Å². The number of para-hydroxylation sites is 1. The van der Waals surface area contributed by atoms with Gasteiger partial charge in [-0.15, -0.1) is 0 Å². The van der Waals surface area contributed by atoms with Gasteiger partial charge in [0.25, 0.3) is 0 Å². The molecule has 0 saturated heterocycles. The Hall–Kier alpha value is -4.62. The summed E-state index contributed by atoms with van der Waals surface area (Å²) in [6.07, 6.45) is 3.94. The SMILES string of the molecule is N#C/C(=C/c1cn(Cc2ccc3ccccc3c2)c2ccccc12)c1ccc(C(=O)O)cc1. The molecule has 158 valence electrons. The average molecular weight is 428 g/mol. The van der Waals surface area contributed by atoms with Gasteiger partial charge in [-0.25, -0.2) is 4.79 Å². The molecule has 0 radical (unpaired) electrons. The zero-order valence-corrected chi connectivity index (χ0v) is 17.8. The minimum Gasteiger partial charge on any atom is -0.478 e. The largest absolute Gasteiger partial charge is 0.478 e. The lowest BCUT2D eigenvalue weighted by molar-refractivity contribution is 0.0697. The highest BCUT2D eigenvalue weighted by atomic mass is 16.4. The molecule has 1 heterocycles. The fourth-order valence-electron chi connectivity index (χ4n) is 4.18. The molecule has 0 aliphatic carbocycles. The van der Waals surface area contributed by atoms with Gasteiger partial charge in [0.1, 0.15) is 0 Å². The van der Waals surface area contributed by atoms with Gasteiger partial charge in [-0.3, -0.25) is 0 Å². The minimum absolute atomic E-state index is 0.197. The second kappa shape index (κ2) is 8.49. The second-order valence-corrected chi connectivity index (χ2v) is 7.96. The molecule has 4 aromatic carbocycles. The van der Waals surface area contributed by atoms with Crippen LogP contribution in [0.15, 0.2) is 97.2 Å². The van der Waals surface area contributed by atoms with Crippen LogP contribution in [0, 0.1) is 11.3 Å². The molecule has 0 aliphatic rings. The summed E-state index contributed by atoms with van der Waals surface area (Å²) in [7, 11) is 0. The molecule has 4 heteroatoms. The number of carboxylic acids is 1. The maximum absolute atomic E-state index is 11.1. The molecular formula is C29H20N2O2. The maximum atomic E-state index is 11.1. The molecule has 0 amide bonds. The van der Waals surface area contributed by atoms with Gasteiger partial charge < -0.3 is 9.67 Å². The molecule has 33 heavy (non-hydrogen) atoms. The summed E-state index contributed by atoms with van der Waals surface area (Å²) >= 11 is 0. The maximum Gasteiger partial charge on any atom is 0.335 e. The van der Waals surface area contributed by atoms with E-state index in [0.29, 0.717) is 17.7 Å². The van der Waals surface area contributed by atoms with Crippen LogP contribution in [-0.2, 0) is 6.54 Å². The third kappa shape index (κ3) is 4.00. The zero-order chi connectivity index (χ0) is 22.8. The first-order chi connectivity index (χ1) is 16.1. The Balaban J connectivity index is 1.55. The van der Waals surface area contributed by atoms with E-state index in [-0.39, 0.29) is 5.56 Å². The standard InChI is InChI=1S/C29H20N2O2/c30-17-25(22-11-13-23(14-12-22)29(32)33)16-26-19-31(28-8-4-3-7-27(26)28)18-20-9-10-21-5-1-2-6-24(21)15-20/h1-16,19H,18H2,(H,32,33)/b25-16-. The van der Waals surface area contributed by atoms with Crippen molar-refractivity contribution in [3.8, 4) is 6.07 Å². The Kier molecular flexibility index (Phi) is 5.22.